The molecule has 2 rings (SSSR count). The van der Waals surface area contributed by atoms with E-state index < -0.39 is 0 Å². The van der Waals surface area contributed by atoms with Gasteiger partial charge in [0.15, 0.2) is 0 Å². The van der Waals surface area contributed by atoms with Gasteiger partial charge in [-0.05, 0) is 37.8 Å². The van der Waals surface area contributed by atoms with Gasteiger partial charge in [0, 0.05) is 32.4 Å². The van der Waals surface area contributed by atoms with E-state index in [1.54, 1.807) is 7.11 Å². The van der Waals surface area contributed by atoms with Crippen LogP contribution in [0.15, 0.2) is 18.3 Å². The lowest BCUT2D eigenvalue weighted by Gasteiger charge is -2.34. The molecule has 1 saturated heterocycles. The maximum atomic E-state index is 5.91. The number of aromatic nitrogens is 1. The number of nitrogens with two attached hydrogens (primary N) is 1. The molecule has 4 heteroatoms. The summed E-state index contributed by atoms with van der Waals surface area (Å²) >= 11 is 0. The first-order valence-corrected chi connectivity index (χ1v) is 6.68. The Morgan fingerprint density at radius 3 is 3.17 bits per heavy atom. The third kappa shape index (κ3) is 3.21. The number of rotatable bonds is 4. The Labute approximate surface area is 109 Å². The standard InChI is InChI=1S/C14H23N3O/c1-11(15)9-12-5-3-7-16-14(12)17-8-4-6-13(10-17)18-2/h3,5,7,11,13H,4,6,8-10,15H2,1-2H3. The highest BCUT2D eigenvalue weighted by molar-refractivity contribution is 5.47. The van der Waals surface area contributed by atoms with Crippen LogP contribution in [-0.4, -0.2) is 37.3 Å². The highest BCUT2D eigenvalue weighted by atomic mass is 16.5. The van der Waals surface area contributed by atoms with Crippen LogP contribution >= 0.6 is 0 Å². The number of ether oxygens (including phenoxy) is 1. The van der Waals surface area contributed by atoms with E-state index in [-0.39, 0.29) is 6.04 Å². The first kappa shape index (κ1) is 13.3. The molecule has 2 N–H and O–H groups in total. The molecule has 0 saturated carbocycles. The van der Waals surface area contributed by atoms with Crippen LogP contribution in [0.25, 0.3) is 0 Å². The van der Waals surface area contributed by atoms with Crippen LogP contribution in [0.3, 0.4) is 0 Å². The van der Waals surface area contributed by atoms with Crippen LogP contribution in [-0.2, 0) is 11.2 Å². The van der Waals surface area contributed by atoms with Crippen LogP contribution in [0.5, 0.6) is 0 Å². The Kier molecular flexibility index (Phi) is 4.55. The number of piperidine rings is 1. The van der Waals surface area contributed by atoms with Gasteiger partial charge in [-0.15, -0.1) is 0 Å². The van der Waals surface area contributed by atoms with Gasteiger partial charge in [-0.25, -0.2) is 4.98 Å². The average molecular weight is 249 g/mol. The molecule has 0 bridgehead atoms. The van der Waals surface area contributed by atoms with Crippen molar-refractivity contribution in [3.63, 3.8) is 0 Å². The van der Waals surface area contributed by atoms with E-state index in [4.69, 9.17) is 10.5 Å². The van der Waals surface area contributed by atoms with Gasteiger partial charge < -0.3 is 15.4 Å². The number of hydrogen-bond acceptors (Lipinski definition) is 4. The SMILES string of the molecule is COC1CCCN(c2ncccc2CC(C)N)C1. The molecule has 0 spiro atoms. The van der Waals surface area contributed by atoms with Gasteiger partial charge in [0.2, 0.25) is 0 Å². The van der Waals surface area contributed by atoms with E-state index in [9.17, 15) is 0 Å². The van der Waals surface area contributed by atoms with E-state index in [1.807, 2.05) is 19.2 Å². The minimum Gasteiger partial charge on any atom is -0.380 e. The van der Waals surface area contributed by atoms with Crippen molar-refractivity contribution >= 4 is 5.82 Å². The van der Waals surface area contributed by atoms with Crippen molar-refractivity contribution in [3.8, 4) is 0 Å². The third-order valence-electron chi connectivity index (χ3n) is 3.42. The lowest BCUT2D eigenvalue weighted by atomic mass is 10.0. The summed E-state index contributed by atoms with van der Waals surface area (Å²) in [6, 6.07) is 4.28. The second-order valence-corrected chi connectivity index (χ2v) is 5.11. The zero-order chi connectivity index (χ0) is 13.0. The van der Waals surface area contributed by atoms with Gasteiger partial charge in [-0.1, -0.05) is 6.07 Å². The Morgan fingerprint density at radius 2 is 2.44 bits per heavy atom. The van der Waals surface area contributed by atoms with E-state index >= 15 is 0 Å². The zero-order valence-corrected chi connectivity index (χ0v) is 11.3. The third-order valence-corrected chi connectivity index (χ3v) is 3.42. The molecule has 1 aliphatic heterocycles. The monoisotopic (exact) mass is 249 g/mol. The molecule has 100 valence electrons. The Balaban J connectivity index is 2.16. The van der Waals surface area contributed by atoms with E-state index in [1.165, 1.54) is 5.56 Å². The number of anilines is 1. The molecule has 1 aliphatic rings. The summed E-state index contributed by atoms with van der Waals surface area (Å²) in [5.74, 6) is 1.08. The Bertz CT molecular complexity index is 381. The summed E-state index contributed by atoms with van der Waals surface area (Å²) in [6.07, 6.45) is 5.35. The van der Waals surface area contributed by atoms with E-state index in [0.717, 1.165) is 38.2 Å². The summed E-state index contributed by atoms with van der Waals surface area (Å²) in [4.78, 5) is 6.87. The van der Waals surface area contributed by atoms with E-state index in [2.05, 4.69) is 16.0 Å². The fourth-order valence-electron chi connectivity index (χ4n) is 2.54. The van der Waals surface area contributed by atoms with Gasteiger partial charge in [0.05, 0.1) is 6.10 Å². The van der Waals surface area contributed by atoms with Gasteiger partial charge in [0.1, 0.15) is 5.82 Å². The van der Waals surface area contributed by atoms with E-state index in [0.29, 0.717) is 6.10 Å². The molecule has 2 heterocycles. The first-order valence-electron chi connectivity index (χ1n) is 6.68. The van der Waals surface area contributed by atoms with Crippen molar-refractivity contribution < 1.29 is 4.74 Å². The molecule has 1 fully saturated rings. The molecule has 0 radical (unpaired) electrons. The van der Waals surface area contributed by atoms with Crippen LogP contribution in [0.2, 0.25) is 0 Å². The maximum absolute atomic E-state index is 5.91. The summed E-state index contributed by atoms with van der Waals surface area (Å²) in [5, 5.41) is 0. The molecule has 1 aromatic heterocycles. The van der Waals surface area contributed by atoms with Crippen molar-refractivity contribution in [2.24, 2.45) is 5.73 Å². The van der Waals surface area contributed by atoms with Crippen molar-refractivity contribution in [2.45, 2.75) is 38.3 Å². The highest BCUT2D eigenvalue weighted by Gasteiger charge is 2.22. The fourth-order valence-corrected chi connectivity index (χ4v) is 2.54. The van der Waals surface area contributed by atoms with Crippen LogP contribution in [0.4, 0.5) is 5.82 Å². The summed E-state index contributed by atoms with van der Waals surface area (Å²) < 4.78 is 5.47. The van der Waals surface area contributed by atoms with Crippen molar-refractivity contribution in [3.05, 3.63) is 23.9 Å². The summed E-state index contributed by atoms with van der Waals surface area (Å²) in [5.41, 5.74) is 7.15. The predicted molar refractivity (Wildman–Crippen MR) is 73.8 cm³/mol. The maximum Gasteiger partial charge on any atom is 0.131 e. The Morgan fingerprint density at radius 1 is 1.61 bits per heavy atom. The first-order chi connectivity index (χ1) is 8.70. The van der Waals surface area contributed by atoms with Gasteiger partial charge in [-0.2, -0.15) is 0 Å². The molecule has 1 aromatic rings. The molecule has 2 atom stereocenters. The number of methoxy groups -OCH3 is 1. The lowest BCUT2D eigenvalue weighted by molar-refractivity contribution is 0.0891. The minimum atomic E-state index is 0.163. The minimum absolute atomic E-state index is 0.163. The van der Waals surface area contributed by atoms with Gasteiger partial charge in [0.25, 0.3) is 0 Å². The molecule has 4 nitrogen and oxygen atoms in total. The number of hydrogen-bond donors (Lipinski definition) is 1. The molecule has 0 amide bonds. The number of pyridine rings is 1. The second-order valence-electron chi connectivity index (χ2n) is 5.11. The number of nitrogens with zero attached hydrogens (tertiary/aromatic N) is 2. The highest BCUT2D eigenvalue weighted by Crippen LogP contribution is 2.23. The van der Waals surface area contributed by atoms with Gasteiger partial charge >= 0.3 is 0 Å². The van der Waals surface area contributed by atoms with Crippen molar-refractivity contribution in [1.29, 1.82) is 0 Å². The summed E-state index contributed by atoms with van der Waals surface area (Å²) in [7, 11) is 1.79. The molecule has 18 heavy (non-hydrogen) atoms. The normalized spacial score (nSPS) is 21.9. The quantitative estimate of drug-likeness (QED) is 0.880. The lowest BCUT2D eigenvalue weighted by Crippen LogP contribution is -2.40. The topological polar surface area (TPSA) is 51.4 Å². The van der Waals surface area contributed by atoms with Crippen molar-refractivity contribution in [1.82, 2.24) is 4.98 Å². The van der Waals surface area contributed by atoms with Crippen molar-refractivity contribution in [2.75, 3.05) is 25.1 Å². The Hall–Kier alpha value is -1.13. The summed E-state index contributed by atoms with van der Waals surface area (Å²) in [6.45, 7) is 4.02. The zero-order valence-electron chi connectivity index (χ0n) is 11.3. The van der Waals surface area contributed by atoms with Crippen LogP contribution in [0, 0.1) is 0 Å². The molecule has 2 unspecified atom stereocenters. The smallest absolute Gasteiger partial charge is 0.131 e. The molecule has 0 aromatic carbocycles. The second kappa shape index (κ2) is 6.16. The van der Waals surface area contributed by atoms with Crippen LogP contribution in [0.1, 0.15) is 25.3 Å². The van der Waals surface area contributed by atoms with Crippen LogP contribution < -0.4 is 10.6 Å². The van der Waals surface area contributed by atoms with Gasteiger partial charge in [-0.3, -0.25) is 0 Å². The predicted octanol–water partition coefficient (Wildman–Crippen LogP) is 1.59. The molecular formula is C14H23N3O. The molecule has 0 aliphatic carbocycles. The molecular weight excluding hydrogens is 226 g/mol. The average Bonchev–Trinajstić information content (AvgIpc) is 2.39. The largest absolute Gasteiger partial charge is 0.380 e. The fraction of sp³-hybridized carbons (Fsp3) is 0.643.